The largest absolute Gasteiger partial charge is 0.468 e. The Labute approximate surface area is 146 Å². The van der Waals surface area contributed by atoms with Gasteiger partial charge in [-0.3, -0.25) is 9.59 Å². The summed E-state index contributed by atoms with van der Waals surface area (Å²) in [5, 5.41) is 23.2. The molecule has 3 atom stereocenters. The zero-order valence-electron chi connectivity index (χ0n) is 14.2. The summed E-state index contributed by atoms with van der Waals surface area (Å²) < 4.78 is 4.93. The highest BCUT2D eigenvalue weighted by atomic mass is 16.5. The summed E-state index contributed by atoms with van der Waals surface area (Å²) in [4.78, 5) is 23.9. The Kier molecular flexibility index (Phi) is 5.88. The molecule has 7 nitrogen and oxygen atoms in total. The molecule has 1 aromatic rings. The molecular formula is C18H21N3O4. The van der Waals surface area contributed by atoms with Crippen LogP contribution in [0.25, 0.3) is 0 Å². The Morgan fingerprint density at radius 3 is 2.72 bits per heavy atom. The van der Waals surface area contributed by atoms with Gasteiger partial charge in [0.05, 0.1) is 24.5 Å². The molecule has 2 rings (SSSR count). The van der Waals surface area contributed by atoms with Crippen molar-refractivity contribution >= 4 is 17.6 Å². The van der Waals surface area contributed by atoms with Crippen molar-refractivity contribution in [1.82, 2.24) is 5.43 Å². The van der Waals surface area contributed by atoms with Gasteiger partial charge in [0, 0.05) is 12.3 Å². The average Bonchev–Trinajstić information content (AvgIpc) is 2.59. The summed E-state index contributed by atoms with van der Waals surface area (Å²) >= 11 is 0. The minimum Gasteiger partial charge on any atom is -0.468 e. The van der Waals surface area contributed by atoms with Crippen LogP contribution in [0.15, 0.2) is 35.4 Å². The first-order chi connectivity index (χ1) is 11.9. The number of hydrogen-bond acceptors (Lipinski definition) is 6. The summed E-state index contributed by atoms with van der Waals surface area (Å²) in [5.41, 5.74) is 2.42. The van der Waals surface area contributed by atoms with Crippen molar-refractivity contribution in [1.29, 1.82) is 5.26 Å². The molecule has 0 saturated heterocycles. The normalized spacial score (nSPS) is 27.4. The number of hydrogen-bond donors (Lipinski definition) is 2. The predicted octanol–water partition coefficient (Wildman–Crippen LogP) is 1.49. The highest BCUT2D eigenvalue weighted by Gasteiger charge is 2.45. The molecule has 0 aliphatic heterocycles. The van der Waals surface area contributed by atoms with E-state index in [2.05, 4.69) is 10.5 Å². The van der Waals surface area contributed by atoms with Gasteiger partial charge in [0.25, 0.3) is 5.91 Å². The fraction of sp³-hybridized carbons (Fsp3) is 0.444. The highest BCUT2D eigenvalue weighted by Crippen LogP contribution is 2.41. The number of esters is 1. The summed E-state index contributed by atoms with van der Waals surface area (Å²) in [5.74, 6) is -2.09. The highest BCUT2D eigenvalue weighted by molar-refractivity contribution is 6.04. The van der Waals surface area contributed by atoms with Crippen LogP contribution in [0.3, 0.4) is 0 Å². The molecule has 1 aliphatic rings. The monoisotopic (exact) mass is 343 g/mol. The van der Waals surface area contributed by atoms with E-state index >= 15 is 0 Å². The second kappa shape index (κ2) is 7.90. The van der Waals surface area contributed by atoms with Gasteiger partial charge in [-0.1, -0.05) is 30.3 Å². The van der Waals surface area contributed by atoms with Crippen molar-refractivity contribution in [2.75, 3.05) is 7.11 Å². The third-order valence-electron chi connectivity index (χ3n) is 4.23. The van der Waals surface area contributed by atoms with E-state index in [0.717, 1.165) is 5.56 Å². The number of methoxy groups -OCH3 is 1. The number of nitrogens with one attached hydrogen (secondary N) is 1. The maximum absolute atomic E-state index is 12.4. The lowest BCUT2D eigenvalue weighted by molar-refractivity contribution is -0.144. The number of rotatable bonds is 4. The van der Waals surface area contributed by atoms with Crippen LogP contribution in [-0.2, 0) is 14.3 Å². The summed E-state index contributed by atoms with van der Waals surface area (Å²) in [6.45, 7) is 1.67. The van der Waals surface area contributed by atoms with Gasteiger partial charge in [0.1, 0.15) is 12.3 Å². The molecule has 0 unspecified atom stereocenters. The van der Waals surface area contributed by atoms with E-state index in [-0.39, 0.29) is 18.8 Å². The van der Waals surface area contributed by atoms with Gasteiger partial charge in [-0.05, 0) is 18.9 Å². The van der Waals surface area contributed by atoms with E-state index in [1.807, 2.05) is 30.3 Å². The number of aliphatic hydroxyl groups is 1. The molecule has 132 valence electrons. The number of nitriles is 1. The van der Waals surface area contributed by atoms with Crippen LogP contribution in [0.5, 0.6) is 0 Å². The van der Waals surface area contributed by atoms with Gasteiger partial charge < -0.3 is 9.84 Å². The SMILES string of the molecule is COC(=O)[C@@H]1/C(=N\NC(=O)CC#N)C[C@@](C)(O)C[C@@H]1c1ccccc1. The van der Waals surface area contributed by atoms with Gasteiger partial charge in [0.2, 0.25) is 0 Å². The topological polar surface area (TPSA) is 112 Å². The molecular weight excluding hydrogens is 322 g/mol. The zero-order chi connectivity index (χ0) is 18.4. The van der Waals surface area contributed by atoms with E-state index in [1.54, 1.807) is 13.0 Å². The zero-order valence-corrected chi connectivity index (χ0v) is 14.2. The summed E-state index contributed by atoms with van der Waals surface area (Å²) in [7, 11) is 1.29. The van der Waals surface area contributed by atoms with Crippen LogP contribution in [-0.4, -0.2) is 35.4 Å². The van der Waals surface area contributed by atoms with Gasteiger partial charge in [-0.2, -0.15) is 10.4 Å². The number of ether oxygens (including phenoxy) is 1. The van der Waals surface area contributed by atoms with Crippen molar-refractivity contribution in [2.24, 2.45) is 11.0 Å². The number of amides is 1. The fourth-order valence-electron chi connectivity index (χ4n) is 3.19. The molecule has 1 fully saturated rings. The molecule has 7 heteroatoms. The average molecular weight is 343 g/mol. The molecule has 0 radical (unpaired) electrons. The van der Waals surface area contributed by atoms with Crippen molar-refractivity contribution in [3.8, 4) is 6.07 Å². The van der Waals surface area contributed by atoms with Crippen LogP contribution >= 0.6 is 0 Å². The van der Waals surface area contributed by atoms with Crippen LogP contribution in [0, 0.1) is 17.2 Å². The molecule has 0 heterocycles. The molecule has 1 aliphatic carbocycles. The summed E-state index contributed by atoms with van der Waals surface area (Å²) in [6, 6.07) is 11.1. The van der Waals surface area contributed by atoms with Gasteiger partial charge in [-0.25, -0.2) is 5.43 Å². The van der Waals surface area contributed by atoms with Crippen molar-refractivity contribution in [3.05, 3.63) is 35.9 Å². The van der Waals surface area contributed by atoms with Crippen LogP contribution in [0.1, 0.15) is 37.7 Å². The molecule has 1 saturated carbocycles. The Morgan fingerprint density at radius 2 is 2.12 bits per heavy atom. The Morgan fingerprint density at radius 1 is 1.44 bits per heavy atom. The smallest absolute Gasteiger partial charge is 0.315 e. The minimum absolute atomic E-state index is 0.128. The first-order valence-electron chi connectivity index (χ1n) is 7.95. The third kappa shape index (κ3) is 4.64. The first-order valence-corrected chi connectivity index (χ1v) is 7.95. The number of carbonyl (C=O) groups excluding carboxylic acids is 2. The van der Waals surface area contributed by atoms with Crippen LogP contribution in [0.2, 0.25) is 0 Å². The van der Waals surface area contributed by atoms with E-state index in [1.165, 1.54) is 7.11 Å². The quantitative estimate of drug-likeness (QED) is 0.635. The number of carbonyl (C=O) groups is 2. The second-order valence-corrected chi connectivity index (χ2v) is 6.37. The lowest BCUT2D eigenvalue weighted by Crippen LogP contribution is -2.46. The van der Waals surface area contributed by atoms with Gasteiger partial charge in [0.15, 0.2) is 0 Å². The van der Waals surface area contributed by atoms with Crippen molar-refractivity contribution in [2.45, 2.75) is 37.7 Å². The Balaban J connectivity index is 2.41. The van der Waals surface area contributed by atoms with Crippen LogP contribution in [0.4, 0.5) is 0 Å². The summed E-state index contributed by atoms with van der Waals surface area (Å²) in [6.07, 6.45) is 0.156. The van der Waals surface area contributed by atoms with Gasteiger partial charge >= 0.3 is 5.97 Å². The molecule has 0 aromatic heterocycles. The number of hydrazone groups is 1. The number of nitrogens with zero attached hydrogens (tertiary/aromatic N) is 2. The molecule has 1 aromatic carbocycles. The van der Waals surface area contributed by atoms with Crippen molar-refractivity contribution in [3.63, 3.8) is 0 Å². The second-order valence-electron chi connectivity index (χ2n) is 6.37. The standard InChI is InChI=1S/C18H21N3O4/c1-18(24)10-13(12-6-4-3-5-7-12)16(17(23)25-2)14(11-18)20-21-15(22)8-9-19/h3-7,13,16,24H,8,10-11H2,1-2H3,(H,21,22)/b20-14-/t13-,16+,18+/m1/s1. The van der Waals surface area contributed by atoms with Crippen LogP contribution < -0.4 is 5.43 Å². The van der Waals surface area contributed by atoms with E-state index in [4.69, 9.17) is 10.00 Å². The van der Waals surface area contributed by atoms with E-state index in [9.17, 15) is 14.7 Å². The maximum atomic E-state index is 12.4. The predicted molar refractivity (Wildman–Crippen MR) is 90.4 cm³/mol. The lowest BCUT2D eigenvalue weighted by Gasteiger charge is -2.39. The molecule has 1 amide bonds. The Bertz CT molecular complexity index is 707. The lowest BCUT2D eigenvalue weighted by atomic mass is 9.68. The maximum Gasteiger partial charge on any atom is 0.315 e. The molecule has 0 spiro atoms. The van der Waals surface area contributed by atoms with Gasteiger partial charge in [-0.15, -0.1) is 0 Å². The first kappa shape index (κ1) is 18.6. The fourth-order valence-corrected chi connectivity index (χ4v) is 3.19. The third-order valence-corrected chi connectivity index (χ3v) is 4.23. The molecule has 25 heavy (non-hydrogen) atoms. The number of benzene rings is 1. The van der Waals surface area contributed by atoms with E-state index < -0.39 is 23.4 Å². The molecule has 2 N–H and O–H groups in total. The van der Waals surface area contributed by atoms with Crippen molar-refractivity contribution < 1.29 is 19.4 Å². The Hall–Kier alpha value is -2.72. The minimum atomic E-state index is -1.08. The van der Waals surface area contributed by atoms with E-state index in [0.29, 0.717) is 12.1 Å². The molecule has 0 bridgehead atoms.